The quantitative estimate of drug-likeness (QED) is 0.935. The van der Waals surface area contributed by atoms with Gasteiger partial charge in [-0.15, -0.1) is 0 Å². The molecule has 2 aromatic heterocycles. The largest absolute Gasteiger partial charge is 0.378 e. The van der Waals surface area contributed by atoms with Gasteiger partial charge in [0.05, 0.1) is 23.3 Å². The van der Waals surface area contributed by atoms with Gasteiger partial charge in [-0.2, -0.15) is 5.10 Å². The zero-order valence-electron chi connectivity index (χ0n) is 14.5. The lowest BCUT2D eigenvalue weighted by atomic mass is 9.51. The molecule has 128 valence electrons. The Morgan fingerprint density at radius 2 is 2.29 bits per heavy atom. The molecule has 1 spiro atoms. The van der Waals surface area contributed by atoms with Gasteiger partial charge < -0.3 is 10.1 Å². The summed E-state index contributed by atoms with van der Waals surface area (Å²) in [6.45, 7) is 4.69. The molecule has 0 aliphatic heterocycles. The number of aryl methyl sites for hydroxylation is 2. The van der Waals surface area contributed by atoms with Crippen molar-refractivity contribution in [3.63, 3.8) is 0 Å². The Morgan fingerprint density at radius 1 is 1.50 bits per heavy atom. The average Bonchev–Trinajstić information content (AvgIpc) is 2.85. The van der Waals surface area contributed by atoms with E-state index in [0.29, 0.717) is 11.7 Å². The number of nitrogens with one attached hydrogen (secondary N) is 1. The first kappa shape index (κ1) is 15.6. The number of carbonyl (C=O) groups excluding carboxylic acids is 1. The van der Waals surface area contributed by atoms with Crippen LogP contribution >= 0.6 is 0 Å². The van der Waals surface area contributed by atoms with Crippen molar-refractivity contribution < 1.29 is 9.53 Å². The minimum atomic E-state index is -0.0234. The first-order valence-corrected chi connectivity index (χ1v) is 8.77. The number of hydrogen-bond donors (Lipinski definition) is 1. The van der Waals surface area contributed by atoms with Crippen LogP contribution in [0.2, 0.25) is 0 Å². The third-order valence-electron chi connectivity index (χ3n) is 5.82. The third kappa shape index (κ3) is 2.16. The van der Waals surface area contributed by atoms with Crippen molar-refractivity contribution in [3.05, 3.63) is 23.5 Å². The summed E-state index contributed by atoms with van der Waals surface area (Å²) in [5.41, 5.74) is 2.41. The number of nitrogens with zero attached hydrogens (tertiary/aromatic N) is 3. The summed E-state index contributed by atoms with van der Waals surface area (Å²) in [5, 5.41) is 8.31. The molecule has 6 heteroatoms. The lowest BCUT2D eigenvalue weighted by molar-refractivity contribution is -0.169. The Hall–Kier alpha value is -1.95. The number of rotatable bonds is 4. The molecule has 6 nitrogen and oxygen atoms in total. The van der Waals surface area contributed by atoms with Crippen LogP contribution in [0.1, 0.15) is 48.7 Å². The number of aromatic nitrogens is 3. The maximum absolute atomic E-state index is 12.9. The van der Waals surface area contributed by atoms with Crippen molar-refractivity contribution in [2.75, 3.05) is 6.61 Å². The maximum Gasteiger partial charge on any atom is 0.252 e. The minimum Gasteiger partial charge on any atom is -0.378 e. The number of amides is 1. The molecular formula is C18H24N4O2. The molecule has 2 aliphatic rings. The second-order valence-electron chi connectivity index (χ2n) is 7.11. The molecule has 2 heterocycles. The van der Waals surface area contributed by atoms with Gasteiger partial charge >= 0.3 is 0 Å². The van der Waals surface area contributed by atoms with Crippen LogP contribution in [0.4, 0.5) is 0 Å². The number of hydrogen-bond acceptors (Lipinski definition) is 4. The second-order valence-corrected chi connectivity index (χ2v) is 7.11. The van der Waals surface area contributed by atoms with Crippen LogP contribution < -0.4 is 5.32 Å². The van der Waals surface area contributed by atoms with E-state index >= 15 is 0 Å². The maximum atomic E-state index is 12.9. The van der Waals surface area contributed by atoms with E-state index in [1.807, 2.05) is 27.0 Å². The van der Waals surface area contributed by atoms with E-state index in [4.69, 9.17) is 4.74 Å². The Bertz CT molecular complexity index is 794. The fraction of sp³-hybridized carbons (Fsp3) is 0.611. The fourth-order valence-electron chi connectivity index (χ4n) is 4.30. The normalized spacial score (nSPS) is 24.6. The Morgan fingerprint density at radius 3 is 2.96 bits per heavy atom. The lowest BCUT2D eigenvalue weighted by Crippen LogP contribution is -2.67. The van der Waals surface area contributed by atoms with Crippen molar-refractivity contribution in [1.82, 2.24) is 20.1 Å². The van der Waals surface area contributed by atoms with Gasteiger partial charge in [0.25, 0.3) is 5.91 Å². The van der Waals surface area contributed by atoms with Crippen LogP contribution in [-0.4, -0.2) is 39.4 Å². The first-order valence-electron chi connectivity index (χ1n) is 8.77. The van der Waals surface area contributed by atoms with Gasteiger partial charge in [0.15, 0.2) is 5.65 Å². The molecule has 2 saturated carbocycles. The molecule has 24 heavy (non-hydrogen) atoms. The van der Waals surface area contributed by atoms with E-state index in [1.165, 1.54) is 6.42 Å². The molecule has 2 aliphatic carbocycles. The zero-order valence-corrected chi connectivity index (χ0v) is 14.5. The Balaban J connectivity index is 1.57. The van der Waals surface area contributed by atoms with E-state index in [9.17, 15) is 4.79 Å². The SMILES string of the molecule is CCO[C@@H]1C[C@H](NC(=O)c2cc(C)nc3c2cnn3C)C12CCC2. The highest BCUT2D eigenvalue weighted by Gasteiger charge is 2.59. The van der Waals surface area contributed by atoms with Crippen molar-refractivity contribution in [1.29, 1.82) is 0 Å². The van der Waals surface area contributed by atoms with Gasteiger partial charge in [0.2, 0.25) is 0 Å². The molecule has 2 fully saturated rings. The lowest BCUT2D eigenvalue weighted by Gasteiger charge is -2.61. The average molecular weight is 328 g/mol. The third-order valence-corrected chi connectivity index (χ3v) is 5.82. The van der Waals surface area contributed by atoms with E-state index < -0.39 is 0 Å². The van der Waals surface area contributed by atoms with Gasteiger partial charge in [0, 0.05) is 30.8 Å². The summed E-state index contributed by atoms with van der Waals surface area (Å²) < 4.78 is 7.58. The van der Waals surface area contributed by atoms with Crippen LogP contribution in [0.15, 0.2) is 12.3 Å². The standard InChI is InChI=1S/C18H24N4O2/c1-4-24-15-9-14(18(15)6-5-7-18)21-17(23)12-8-11(2)20-16-13(12)10-19-22(16)3/h8,10,14-15H,4-7,9H2,1-3H3,(H,21,23)/t14-,15+/m0/s1. The molecule has 0 radical (unpaired) electrons. The van der Waals surface area contributed by atoms with Gasteiger partial charge in [-0.1, -0.05) is 6.42 Å². The summed E-state index contributed by atoms with van der Waals surface area (Å²) >= 11 is 0. The summed E-state index contributed by atoms with van der Waals surface area (Å²) in [6.07, 6.45) is 6.48. The molecule has 2 atom stereocenters. The van der Waals surface area contributed by atoms with Crippen molar-refractivity contribution in [2.24, 2.45) is 12.5 Å². The minimum absolute atomic E-state index is 0.0234. The second kappa shape index (κ2) is 5.55. The van der Waals surface area contributed by atoms with E-state index in [0.717, 1.165) is 42.6 Å². The summed E-state index contributed by atoms with van der Waals surface area (Å²) in [4.78, 5) is 17.4. The summed E-state index contributed by atoms with van der Waals surface area (Å²) in [7, 11) is 1.85. The van der Waals surface area contributed by atoms with Crippen molar-refractivity contribution >= 4 is 16.9 Å². The highest BCUT2D eigenvalue weighted by atomic mass is 16.5. The van der Waals surface area contributed by atoms with E-state index in [2.05, 4.69) is 15.4 Å². The smallest absolute Gasteiger partial charge is 0.252 e. The Labute approximate surface area is 141 Å². The molecule has 2 aromatic rings. The topological polar surface area (TPSA) is 69.0 Å². The van der Waals surface area contributed by atoms with E-state index in [1.54, 1.807) is 10.9 Å². The number of fused-ring (bicyclic) bond motifs is 1. The van der Waals surface area contributed by atoms with Crippen LogP contribution in [0.3, 0.4) is 0 Å². The molecule has 1 amide bonds. The molecule has 0 bridgehead atoms. The molecule has 0 saturated heterocycles. The van der Waals surface area contributed by atoms with Crippen LogP contribution in [0.25, 0.3) is 11.0 Å². The zero-order chi connectivity index (χ0) is 16.9. The highest BCUT2D eigenvalue weighted by molar-refractivity contribution is 6.05. The van der Waals surface area contributed by atoms with Crippen LogP contribution in [0, 0.1) is 12.3 Å². The van der Waals surface area contributed by atoms with Gasteiger partial charge in [-0.3, -0.25) is 9.48 Å². The van der Waals surface area contributed by atoms with Gasteiger partial charge in [-0.25, -0.2) is 4.98 Å². The van der Waals surface area contributed by atoms with Crippen molar-refractivity contribution in [2.45, 2.75) is 51.7 Å². The number of ether oxygens (including phenoxy) is 1. The Kier molecular flexibility index (Phi) is 3.60. The number of carbonyl (C=O) groups is 1. The first-order chi connectivity index (χ1) is 11.5. The molecule has 0 aromatic carbocycles. The van der Waals surface area contributed by atoms with Crippen LogP contribution in [0.5, 0.6) is 0 Å². The molecule has 0 unspecified atom stereocenters. The number of pyridine rings is 1. The summed E-state index contributed by atoms with van der Waals surface area (Å²) in [5.74, 6) is -0.0234. The van der Waals surface area contributed by atoms with Crippen LogP contribution in [-0.2, 0) is 11.8 Å². The van der Waals surface area contributed by atoms with Crippen molar-refractivity contribution in [3.8, 4) is 0 Å². The predicted octanol–water partition coefficient (Wildman–Crippen LogP) is 2.35. The molecule has 4 rings (SSSR count). The van der Waals surface area contributed by atoms with Gasteiger partial charge in [-0.05, 0) is 39.2 Å². The van der Waals surface area contributed by atoms with Gasteiger partial charge in [0.1, 0.15) is 0 Å². The molecule has 1 N–H and O–H groups in total. The van der Waals surface area contributed by atoms with E-state index in [-0.39, 0.29) is 17.4 Å². The summed E-state index contributed by atoms with van der Waals surface area (Å²) in [6, 6.07) is 2.07. The fourth-order valence-corrected chi connectivity index (χ4v) is 4.30. The monoisotopic (exact) mass is 328 g/mol. The highest BCUT2D eigenvalue weighted by Crippen LogP contribution is 2.57. The molecular weight excluding hydrogens is 304 g/mol. The predicted molar refractivity (Wildman–Crippen MR) is 90.8 cm³/mol.